The molecule has 150 valence electrons. The Morgan fingerprint density at radius 1 is 1.21 bits per heavy atom. The van der Waals surface area contributed by atoms with Crippen LogP contribution in [0.3, 0.4) is 0 Å². The van der Waals surface area contributed by atoms with Crippen molar-refractivity contribution < 1.29 is 17.9 Å². The van der Waals surface area contributed by atoms with Gasteiger partial charge in [0.15, 0.2) is 0 Å². The molecule has 0 unspecified atom stereocenters. The average molecular weight is 403 g/mol. The Kier molecular flexibility index (Phi) is 6.05. The van der Waals surface area contributed by atoms with Gasteiger partial charge in [-0.3, -0.25) is 4.79 Å². The molecule has 6 nitrogen and oxygen atoms in total. The predicted molar refractivity (Wildman–Crippen MR) is 109 cm³/mol. The van der Waals surface area contributed by atoms with E-state index in [1.54, 1.807) is 12.1 Å². The number of sulfonamides is 1. The molecule has 7 heteroatoms. The van der Waals surface area contributed by atoms with Crippen molar-refractivity contribution in [1.82, 2.24) is 4.31 Å². The smallest absolute Gasteiger partial charge is 0.243 e. The van der Waals surface area contributed by atoms with E-state index in [0.717, 1.165) is 23.2 Å². The number of benzene rings is 2. The largest absolute Gasteiger partial charge is 0.497 e. The number of nitrogens with one attached hydrogen (secondary N) is 1. The molecule has 1 amide bonds. The summed E-state index contributed by atoms with van der Waals surface area (Å²) in [6.45, 7) is 4.30. The third-order valence-corrected chi connectivity index (χ3v) is 7.08. The number of para-hydroxylation sites is 1. The number of anilines is 1. The first-order valence-corrected chi connectivity index (χ1v) is 10.9. The van der Waals surface area contributed by atoms with Crippen LogP contribution in [0.2, 0.25) is 0 Å². The van der Waals surface area contributed by atoms with Gasteiger partial charge in [0.1, 0.15) is 11.8 Å². The Morgan fingerprint density at radius 2 is 1.93 bits per heavy atom. The number of carbonyl (C=O) groups is 1. The van der Waals surface area contributed by atoms with Gasteiger partial charge in [-0.05, 0) is 61.6 Å². The van der Waals surface area contributed by atoms with E-state index < -0.39 is 16.1 Å². The van der Waals surface area contributed by atoms with Crippen molar-refractivity contribution in [2.24, 2.45) is 0 Å². The summed E-state index contributed by atoms with van der Waals surface area (Å²) in [6.07, 6.45) is 1.95. The number of amides is 1. The first kappa shape index (κ1) is 20.4. The SMILES string of the molecule is CCc1cccc(C)c1NC(=O)[C@@H]1CCCN1S(=O)(=O)c1ccc(OC)cc1. The van der Waals surface area contributed by atoms with Crippen LogP contribution in [0.15, 0.2) is 47.4 Å². The summed E-state index contributed by atoms with van der Waals surface area (Å²) < 4.78 is 32.6. The van der Waals surface area contributed by atoms with Crippen LogP contribution in [0.5, 0.6) is 5.75 Å². The highest BCUT2D eigenvalue weighted by atomic mass is 32.2. The zero-order chi connectivity index (χ0) is 20.3. The third kappa shape index (κ3) is 3.91. The van der Waals surface area contributed by atoms with Gasteiger partial charge in [0.25, 0.3) is 0 Å². The van der Waals surface area contributed by atoms with Crippen molar-refractivity contribution in [3.8, 4) is 5.75 Å². The highest BCUT2D eigenvalue weighted by molar-refractivity contribution is 7.89. The molecule has 2 aromatic carbocycles. The summed E-state index contributed by atoms with van der Waals surface area (Å²) in [5.41, 5.74) is 2.79. The van der Waals surface area contributed by atoms with Gasteiger partial charge >= 0.3 is 0 Å². The number of hydrogen-bond donors (Lipinski definition) is 1. The zero-order valence-electron chi connectivity index (χ0n) is 16.4. The van der Waals surface area contributed by atoms with Crippen LogP contribution < -0.4 is 10.1 Å². The standard InChI is InChI=1S/C21H26N2O4S/c1-4-16-8-5-7-15(2)20(16)22-21(24)19-9-6-14-23(19)28(25,26)18-12-10-17(27-3)11-13-18/h5,7-8,10-13,19H,4,6,9,14H2,1-3H3,(H,22,24)/t19-/m0/s1. The highest BCUT2D eigenvalue weighted by Crippen LogP contribution is 2.29. The molecule has 1 N–H and O–H groups in total. The van der Waals surface area contributed by atoms with Crippen LogP contribution in [-0.4, -0.2) is 38.3 Å². The Balaban J connectivity index is 1.85. The first-order valence-electron chi connectivity index (χ1n) is 9.43. The fourth-order valence-electron chi connectivity index (χ4n) is 3.58. The summed E-state index contributed by atoms with van der Waals surface area (Å²) in [4.78, 5) is 13.2. The van der Waals surface area contributed by atoms with Gasteiger partial charge in [-0.2, -0.15) is 4.31 Å². The number of hydrogen-bond acceptors (Lipinski definition) is 4. The van der Waals surface area contributed by atoms with Crippen LogP contribution >= 0.6 is 0 Å². The molecule has 0 saturated carbocycles. The van der Waals surface area contributed by atoms with Crippen molar-refractivity contribution in [1.29, 1.82) is 0 Å². The first-order chi connectivity index (χ1) is 13.4. The lowest BCUT2D eigenvalue weighted by molar-refractivity contribution is -0.119. The topological polar surface area (TPSA) is 75.7 Å². The number of methoxy groups -OCH3 is 1. The summed E-state index contributed by atoms with van der Waals surface area (Å²) >= 11 is 0. The molecule has 0 radical (unpaired) electrons. The minimum absolute atomic E-state index is 0.165. The molecule has 0 aliphatic carbocycles. The fourth-order valence-corrected chi connectivity index (χ4v) is 5.24. The van der Waals surface area contributed by atoms with E-state index in [9.17, 15) is 13.2 Å². The zero-order valence-corrected chi connectivity index (χ0v) is 17.3. The highest BCUT2D eigenvalue weighted by Gasteiger charge is 2.39. The second-order valence-corrected chi connectivity index (χ2v) is 8.79. The van der Waals surface area contributed by atoms with Crippen molar-refractivity contribution in [3.63, 3.8) is 0 Å². The molecule has 1 atom stereocenters. The predicted octanol–water partition coefficient (Wildman–Crippen LogP) is 3.36. The normalized spacial score (nSPS) is 17.5. The van der Waals surface area contributed by atoms with E-state index in [-0.39, 0.29) is 10.8 Å². The maximum absolute atomic E-state index is 13.1. The summed E-state index contributed by atoms with van der Waals surface area (Å²) in [5, 5.41) is 2.98. The number of carbonyl (C=O) groups excluding carboxylic acids is 1. The van der Waals surface area contributed by atoms with Gasteiger partial charge in [-0.1, -0.05) is 25.1 Å². The quantitative estimate of drug-likeness (QED) is 0.804. The summed E-state index contributed by atoms with van der Waals surface area (Å²) in [6, 6.07) is 11.4. The molecule has 1 aliphatic heterocycles. The van der Waals surface area contributed by atoms with Crippen molar-refractivity contribution in [3.05, 3.63) is 53.6 Å². The molecule has 1 saturated heterocycles. The number of aryl methyl sites for hydroxylation is 2. The van der Waals surface area contributed by atoms with Gasteiger partial charge in [0.2, 0.25) is 15.9 Å². The van der Waals surface area contributed by atoms with Crippen LogP contribution in [0, 0.1) is 6.92 Å². The Morgan fingerprint density at radius 3 is 2.57 bits per heavy atom. The van der Waals surface area contributed by atoms with Crippen LogP contribution in [0.1, 0.15) is 30.9 Å². The monoisotopic (exact) mass is 402 g/mol. The van der Waals surface area contributed by atoms with Gasteiger partial charge in [0.05, 0.1) is 12.0 Å². The maximum atomic E-state index is 13.1. The summed E-state index contributed by atoms with van der Waals surface area (Å²) in [7, 11) is -2.23. The Hall–Kier alpha value is -2.38. The van der Waals surface area contributed by atoms with E-state index in [1.807, 2.05) is 32.0 Å². The van der Waals surface area contributed by atoms with E-state index in [4.69, 9.17) is 4.74 Å². The summed E-state index contributed by atoms with van der Waals surface area (Å²) in [5.74, 6) is 0.305. The lowest BCUT2D eigenvalue weighted by Gasteiger charge is -2.24. The van der Waals surface area contributed by atoms with E-state index >= 15 is 0 Å². The van der Waals surface area contributed by atoms with Crippen molar-refractivity contribution in [2.75, 3.05) is 19.0 Å². The fraction of sp³-hybridized carbons (Fsp3) is 0.381. The van der Waals surface area contributed by atoms with Gasteiger partial charge in [0, 0.05) is 12.2 Å². The maximum Gasteiger partial charge on any atom is 0.243 e. The van der Waals surface area contributed by atoms with E-state index in [2.05, 4.69) is 5.32 Å². The molecule has 0 aromatic heterocycles. The molecule has 1 aliphatic rings. The molecule has 0 spiro atoms. The molecule has 3 rings (SSSR count). The average Bonchev–Trinajstić information content (AvgIpc) is 3.20. The van der Waals surface area contributed by atoms with Crippen LogP contribution in [0.25, 0.3) is 0 Å². The van der Waals surface area contributed by atoms with Gasteiger partial charge < -0.3 is 10.1 Å². The van der Waals surface area contributed by atoms with Crippen molar-refractivity contribution in [2.45, 2.75) is 44.0 Å². The number of rotatable bonds is 6. The minimum atomic E-state index is -3.76. The number of nitrogens with zero attached hydrogens (tertiary/aromatic N) is 1. The molecule has 1 heterocycles. The molecular formula is C21H26N2O4S. The molecular weight excluding hydrogens is 376 g/mol. The van der Waals surface area contributed by atoms with E-state index in [1.165, 1.54) is 23.5 Å². The lowest BCUT2D eigenvalue weighted by Crippen LogP contribution is -2.43. The van der Waals surface area contributed by atoms with Gasteiger partial charge in [-0.25, -0.2) is 8.42 Å². The second kappa shape index (κ2) is 8.32. The molecule has 28 heavy (non-hydrogen) atoms. The van der Waals surface area contributed by atoms with Crippen molar-refractivity contribution >= 4 is 21.6 Å². The van der Waals surface area contributed by atoms with Crippen LogP contribution in [0.4, 0.5) is 5.69 Å². The van der Waals surface area contributed by atoms with Gasteiger partial charge in [-0.15, -0.1) is 0 Å². The molecule has 0 bridgehead atoms. The molecule has 2 aromatic rings. The number of ether oxygens (including phenoxy) is 1. The van der Waals surface area contributed by atoms with E-state index in [0.29, 0.717) is 25.1 Å². The third-order valence-electron chi connectivity index (χ3n) is 5.16. The minimum Gasteiger partial charge on any atom is -0.497 e. The van der Waals surface area contributed by atoms with Crippen LogP contribution in [-0.2, 0) is 21.2 Å². The Bertz CT molecular complexity index is 955. The lowest BCUT2D eigenvalue weighted by atomic mass is 10.1. The Labute approximate surface area is 166 Å². The second-order valence-electron chi connectivity index (χ2n) is 6.90. The molecule has 1 fully saturated rings.